The summed E-state index contributed by atoms with van der Waals surface area (Å²) in [7, 11) is 0. The zero-order valence-electron chi connectivity index (χ0n) is 9.62. The third-order valence-electron chi connectivity index (χ3n) is 1.40. The van der Waals surface area contributed by atoms with Crippen molar-refractivity contribution in [1.82, 2.24) is 5.23 Å². The highest BCUT2D eigenvalue weighted by atomic mass is 16.9. The van der Waals surface area contributed by atoms with Gasteiger partial charge in [-0.25, -0.2) is 4.79 Å². The molecular formula is C10H19NO4. The van der Waals surface area contributed by atoms with Crippen molar-refractivity contribution >= 4 is 5.97 Å². The lowest BCUT2D eigenvalue weighted by Gasteiger charge is -2.19. The molecule has 0 amide bonds. The molecular weight excluding hydrogens is 198 g/mol. The molecule has 0 saturated carbocycles. The van der Waals surface area contributed by atoms with Crippen molar-refractivity contribution in [3.8, 4) is 0 Å². The van der Waals surface area contributed by atoms with E-state index in [1.807, 2.05) is 13.8 Å². The summed E-state index contributed by atoms with van der Waals surface area (Å²) in [5.41, 5.74) is 0.384. The average Bonchev–Trinajstić information content (AvgIpc) is 2.18. The summed E-state index contributed by atoms with van der Waals surface area (Å²) in [5, 5.41) is 1.31. The smallest absolute Gasteiger partial charge is 0.333 e. The average molecular weight is 217 g/mol. The van der Waals surface area contributed by atoms with Gasteiger partial charge in [-0.15, -0.1) is 0 Å². The summed E-state index contributed by atoms with van der Waals surface area (Å²) >= 11 is 0. The SMILES string of the molecule is C=C(C)C(=O)OCCN(OCC)OCC. The highest BCUT2D eigenvalue weighted by Gasteiger charge is 2.07. The molecule has 0 spiro atoms. The van der Waals surface area contributed by atoms with Gasteiger partial charge >= 0.3 is 5.97 Å². The van der Waals surface area contributed by atoms with E-state index in [0.29, 0.717) is 25.3 Å². The van der Waals surface area contributed by atoms with E-state index in [9.17, 15) is 4.79 Å². The first kappa shape index (κ1) is 14.1. The number of carbonyl (C=O) groups excluding carboxylic acids is 1. The summed E-state index contributed by atoms with van der Waals surface area (Å²) in [5.74, 6) is -0.400. The maximum Gasteiger partial charge on any atom is 0.333 e. The quantitative estimate of drug-likeness (QED) is 0.348. The lowest BCUT2D eigenvalue weighted by molar-refractivity contribution is -0.366. The minimum Gasteiger partial charge on any atom is -0.461 e. The highest BCUT2D eigenvalue weighted by molar-refractivity contribution is 5.86. The van der Waals surface area contributed by atoms with Gasteiger partial charge in [-0.1, -0.05) is 11.8 Å². The Morgan fingerprint density at radius 1 is 1.27 bits per heavy atom. The molecule has 0 atom stereocenters. The van der Waals surface area contributed by atoms with Gasteiger partial charge in [0.1, 0.15) is 6.61 Å². The molecule has 0 N–H and O–H groups in total. The van der Waals surface area contributed by atoms with Crippen molar-refractivity contribution in [1.29, 1.82) is 0 Å². The molecule has 0 aromatic heterocycles. The van der Waals surface area contributed by atoms with Gasteiger partial charge in [-0.05, 0) is 20.8 Å². The maximum atomic E-state index is 11.0. The second-order valence-electron chi connectivity index (χ2n) is 2.81. The topological polar surface area (TPSA) is 48.0 Å². The van der Waals surface area contributed by atoms with Crippen LogP contribution < -0.4 is 0 Å². The maximum absolute atomic E-state index is 11.0. The van der Waals surface area contributed by atoms with E-state index < -0.39 is 5.97 Å². The first-order chi connectivity index (χ1) is 7.11. The Morgan fingerprint density at radius 3 is 2.20 bits per heavy atom. The molecule has 15 heavy (non-hydrogen) atoms. The van der Waals surface area contributed by atoms with Crippen LogP contribution in [0.5, 0.6) is 0 Å². The van der Waals surface area contributed by atoms with Crippen LogP contribution in [0.25, 0.3) is 0 Å². The van der Waals surface area contributed by atoms with Crippen LogP contribution in [0.3, 0.4) is 0 Å². The molecule has 0 aliphatic carbocycles. The fraction of sp³-hybridized carbons (Fsp3) is 0.700. The van der Waals surface area contributed by atoms with Crippen LogP contribution in [-0.2, 0) is 19.2 Å². The predicted octanol–water partition coefficient (Wildman–Crippen LogP) is 1.31. The standard InChI is InChI=1S/C10H19NO4/c1-5-14-11(15-6-2)7-8-13-10(12)9(3)4/h3,5-8H2,1-2,4H3. The predicted molar refractivity (Wildman–Crippen MR) is 55.7 cm³/mol. The number of hydrogen-bond donors (Lipinski definition) is 0. The molecule has 0 unspecified atom stereocenters. The van der Waals surface area contributed by atoms with E-state index in [0.717, 1.165) is 0 Å². The Morgan fingerprint density at radius 2 is 1.80 bits per heavy atom. The molecule has 0 rings (SSSR count). The van der Waals surface area contributed by atoms with E-state index in [4.69, 9.17) is 14.4 Å². The minimum atomic E-state index is -0.400. The van der Waals surface area contributed by atoms with Crippen LogP contribution in [0.15, 0.2) is 12.2 Å². The van der Waals surface area contributed by atoms with E-state index >= 15 is 0 Å². The largest absolute Gasteiger partial charge is 0.461 e. The third kappa shape index (κ3) is 7.07. The lowest BCUT2D eigenvalue weighted by Crippen LogP contribution is -2.29. The van der Waals surface area contributed by atoms with Crippen molar-refractivity contribution in [2.45, 2.75) is 20.8 Å². The van der Waals surface area contributed by atoms with E-state index in [1.165, 1.54) is 5.23 Å². The van der Waals surface area contributed by atoms with Crippen LogP contribution in [0.1, 0.15) is 20.8 Å². The molecule has 88 valence electrons. The molecule has 0 aromatic rings. The third-order valence-corrected chi connectivity index (χ3v) is 1.40. The number of carbonyl (C=O) groups is 1. The zero-order valence-corrected chi connectivity index (χ0v) is 9.62. The van der Waals surface area contributed by atoms with E-state index in [-0.39, 0.29) is 6.61 Å². The van der Waals surface area contributed by atoms with Gasteiger partial charge in [0.05, 0.1) is 19.8 Å². The Balaban J connectivity index is 3.69. The van der Waals surface area contributed by atoms with Gasteiger partial charge < -0.3 is 4.74 Å². The van der Waals surface area contributed by atoms with E-state index in [2.05, 4.69) is 6.58 Å². The Kier molecular flexibility index (Phi) is 7.89. The van der Waals surface area contributed by atoms with Gasteiger partial charge in [-0.3, -0.25) is 9.68 Å². The minimum absolute atomic E-state index is 0.214. The zero-order chi connectivity index (χ0) is 11.7. The van der Waals surface area contributed by atoms with Crippen LogP contribution in [0.4, 0.5) is 0 Å². The fourth-order valence-corrected chi connectivity index (χ4v) is 0.790. The second kappa shape index (κ2) is 8.40. The molecule has 0 bridgehead atoms. The molecule has 0 fully saturated rings. The van der Waals surface area contributed by atoms with Crippen LogP contribution in [0.2, 0.25) is 0 Å². The Bertz CT molecular complexity index is 200. The van der Waals surface area contributed by atoms with Crippen molar-refractivity contribution in [3.05, 3.63) is 12.2 Å². The van der Waals surface area contributed by atoms with Crippen molar-refractivity contribution in [2.24, 2.45) is 0 Å². The molecule has 5 heteroatoms. The van der Waals surface area contributed by atoms with E-state index in [1.54, 1.807) is 6.92 Å². The summed E-state index contributed by atoms with van der Waals surface area (Å²) in [6.07, 6.45) is 0. The Labute approximate surface area is 90.5 Å². The monoisotopic (exact) mass is 217 g/mol. The number of hydrogen-bond acceptors (Lipinski definition) is 5. The van der Waals surface area contributed by atoms with Gasteiger partial charge in [0, 0.05) is 5.57 Å². The molecule has 0 heterocycles. The number of nitrogens with zero attached hydrogens (tertiary/aromatic N) is 1. The van der Waals surface area contributed by atoms with Gasteiger partial charge in [-0.2, -0.15) is 0 Å². The molecule has 0 aliphatic rings. The second-order valence-corrected chi connectivity index (χ2v) is 2.81. The number of hydroxylamine groups is 2. The van der Waals surface area contributed by atoms with Crippen LogP contribution in [0, 0.1) is 0 Å². The summed E-state index contributed by atoms with van der Waals surface area (Å²) in [4.78, 5) is 21.3. The van der Waals surface area contributed by atoms with Crippen LogP contribution in [-0.4, -0.2) is 37.6 Å². The molecule has 0 aliphatic heterocycles. The molecule has 0 saturated heterocycles. The normalized spacial score (nSPS) is 10.4. The molecule has 0 radical (unpaired) electrons. The first-order valence-electron chi connectivity index (χ1n) is 4.97. The summed E-state index contributed by atoms with van der Waals surface area (Å²) in [6, 6.07) is 0. The summed E-state index contributed by atoms with van der Waals surface area (Å²) in [6.45, 7) is 10.4. The lowest BCUT2D eigenvalue weighted by atomic mass is 10.4. The summed E-state index contributed by atoms with van der Waals surface area (Å²) < 4.78 is 4.89. The van der Waals surface area contributed by atoms with Gasteiger partial charge in [0.25, 0.3) is 0 Å². The molecule has 0 aromatic carbocycles. The fourth-order valence-electron chi connectivity index (χ4n) is 0.790. The van der Waals surface area contributed by atoms with Crippen molar-refractivity contribution in [3.63, 3.8) is 0 Å². The highest BCUT2D eigenvalue weighted by Crippen LogP contribution is 1.95. The molecule has 5 nitrogen and oxygen atoms in total. The van der Waals surface area contributed by atoms with Gasteiger partial charge in [0.15, 0.2) is 0 Å². The Hall–Kier alpha value is -0.910. The van der Waals surface area contributed by atoms with Gasteiger partial charge in [0.2, 0.25) is 0 Å². The van der Waals surface area contributed by atoms with Crippen LogP contribution >= 0.6 is 0 Å². The first-order valence-corrected chi connectivity index (χ1v) is 4.97. The van der Waals surface area contributed by atoms with Crippen molar-refractivity contribution < 1.29 is 19.2 Å². The number of rotatable bonds is 8. The van der Waals surface area contributed by atoms with Crippen molar-refractivity contribution in [2.75, 3.05) is 26.4 Å². The number of ether oxygens (including phenoxy) is 1. The number of esters is 1.